The van der Waals surface area contributed by atoms with Crippen molar-refractivity contribution >= 4 is 18.7 Å². The van der Waals surface area contributed by atoms with E-state index in [0.717, 1.165) is 6.61 Å². The van der Waals surface area contributed by atoms with E-state index in [0.29, 0.717) is 5.92 Å². The van der Waals surface area contributed by atoms with Crippen molar-refractivity contribution in [3.63, 3.8) is 0 Å². The molecule has 2 aromatic rings. The second-order valence-corrected chi connectivity index (χ2v) is 12.4. The Balaban J connectivity index is 2.05. The third-order valence-corrected chi connectivity index (χ3v) is 10.3. The summed E-state index contributed by atoms with van der Waals surface area (Å²) < 4.78 is 6.99. The Morgan fingerprint density at radius 1 is 0.920 bits per heavy atom. The maximum Gasteiger partial charge on any atom is 0.261 e. The van der Waals surface area contributed by atoms with Gasteiger partial charge in [0.2, 0.25) is 0 Å². The number of allylic oxidation sites excluding steroid dienone is 1. The summed E-state index contributed by atoms with van der Waals surface area (Å²) in [6, 6.07) is 21.8. The molecule has 1 atom stereocenters. The fraction of sp³-hybridized carbons (Fsp3) is 0.391. The van der Waals surface area contributed by atoms with Crippen molar-refractivity contribution in [1.82, 2.24) is 0 Å². The third-order valence-electron chi connectivity index (χ3n) is 5.28. The molecule has 0 N–H and O–H groups in total. The molecule has 2 aromatic carbocycles. The van der Waals surface area contributed by atoms with E-state index in [2.05, 4.69) is 93.6 Å². The summed E-state index contributed by atoms with van der Waals surface area (Å²) in [6.07, 6.45) is 8.43. The van der Waals surface area contributed by atoms with Gasteiger partial charge in [-0.1, -0.05) is 93.6 Å². The van der Waals surface area contributed by atoms with Gasteiger partial charge in [-0.15, -0.1) is 0 Å². The Bertz CT molecular complexity index is 646. The van der Waals surface area contributed by atoms with Crippen LogP contribution in [0.4, 0.5) is 0 Å². The van der Waals surface area contributed by atoms with Crippen LogP contribution < -0.4 is 10.4 Å². The molecule has 0 aliphatic heterocycles. The van der Waals surface area contributed by atoms with Gasteiger partial charge in [-0.05, 0) is 40.6 Å². The summed E-state index contributed by atoms with van der Waals surface area (Å²) in [5.74, 6) is 0.551. The van der Waals surface area contributed by atoms with Crippen LogP contribution >= 0.6 is 0 Å². The zero-order valence-corrected chi connectivity index (χ0v) is 16.7. The Hall–Kier alpha value is -1.64. The van der Waals surface area contributed by atoms with Crippen molar-refractivity contribution in [2.24, 2.45) is 5.92 Å². The van der Waals surface area contributed by atoms with E-state index >= 15 is 0 Å². The summed E-state index contributed by atoms with van der Waals surface area (Å²) >= 11 is 0. The first-order valence-electron chi connectivity index (χ1n) is 9.46. The number of hydrogen-bond donors (Lipinski definition) is 0. The lowest BCUT2D eigenvalue weighted by Gasteiger charge is -2.43. The van der Waals surface area contributed by atoms with Crippen LogP contribution in [0.3, 0.4) is 0 Å². The first-order valence-corrected chi connectivity index (χ1v) is 11.4. The van der Waals surface area contributed by atoms with Crippen LogP contribution in [0.5, 0.6) is 0 Å². The topological polar surface area (TPSA) is 9.23 Å². The molecule has 2 heteroatoms. The molecule has 0 heterocycles. The molecule has 3 rings (SSSR count). The van der Waals surface area contributed by atoms with Crippen LogP contribution in [0.15, 0.2) is 72.8 Å². The van der Waals surface area contributed by atoms with Crippen molar-refractivity contribution < 1.29 is 4.43 Å². The molecule has 1 aliphatic rings. The van der Waals surface area contributed by atoms with Crippen LogP contribution in [0.1, 0.15) is 40.0 Å². The van der Waals surface area contributed by atoms with Crippen LogP contribution in [-0.2, 0) is 4.43 Å². The Labute approximate surface area is 153 Å². The quantitative estimate of drug-likeness (QED) is 0.549. The molecule has 0 radical (unpaired) electrons. The molecule has 0 spiro atoms. The van der Waals surface area contributed by atoms with Gasteiger partial charge < -0.3 is 4.43 Å². The molecule has 0 aromatic heterocycles. The maximum absolute atomic E-state index is 6.99. The van der Waals surface area contributed by atoms with Crippen molar-refractivity contribution in [2.75, 3.05) is 6.61 Å². The second-order valence-electron chi connectivity index (χ2n) is 8.09. The highest BCUT2D eigenvalue weighted by atomic mass is 28.4. The minimum absolute atomic E-state index is 0.0636. The van der Waals surface area contributed by atoms with Gasteiger partial charge in [0, 0.05) is 6.61 Å². The van der Waals surface area contributed by atoms with Crippen LogP contribution in [0, 0.1) is 5.92 Å². The van der Waals surface area contributed by atoms with E-state index in [1.165, 1.54) is 29.6 Å². The van der Waals surface area contributed by atoms with Gasteiger partial charge in [-0.3, -0.25) is 0 Å². The first-order chi connectivity index (χ1) is 12.0. The highest BCUT2D eigenvalue weighted by molar-refractivity contribution is 6.99. The Kier molecular flexibility index (Phi) is 5.60. The summed E-state index contributed by atoms with van der Waals surface area (Å²) in [7, 11) is -2.37. The largest absolute Gasteiger partial charge is 0.407 e. The van der Waals surface area contributed by atoms with E-state index in [1.54, 1.807) is 0 Å². The monoisotopic (exact) mass is 350 g/mol. The van der Waals surface area contributed by atoms with E-state index in [9.17, 15) is 0 Å². The molecule has 132 valence electrons. The van der Waals surface area contributed by atoms with E-state index < -0.39 is 8.32 Å². The van der Waals surface area contributed by atoms with Crippen molar-refractivity contribution in [1.29, 1.82) is 0 Å². The highest BCUT2D eigenvalue weighted by Gasteiger charge is 2.50. The van der Waals surface area contributed by atoms with Gasteiger partial charge in [-0.25, -0.2) is 0 Å². The van der Waals surface area contributed by atoms with Gasteiger partial charge in [0.05, 0.1) is 0 Å². The van der Waals surface area contributed by atoms with Crippen LogP contribution in [-0.4, -0.2) is 14.9 Å². The number of benzene rings is 2. The minimum Gasteiger partial charge on any atom is -0.407 e. The molecule has 0 bridgehead atoms. The van der Waals surface area contributed by atoms with Gasteiger partial charge in [0.15, 0.2) is 0 Å². The van der Waals surface area contributed by atoms with Gasteiger partial charge >= 0.3 is 0 Å². The minimum atomic E-state index is -2.37. The average molecular weight is 351 g/mol. The Morgan fingerprint density at radius 3 is 1.92 bits per heavy atom. The lowest BCUT2D eigenvalue weighted by molar-refractivity contribution is 0.248. The van der Waals surface area contributed by atoms with Crippen molar-refractivity contribution in [2.45, 2.75) is 45.1 Å². The van der Waals surface area contributed by atoms with Crippen LogP contribution in [0.2, 0.25) is 5.04 Å². The molecule has 25 heavy (non-hydrogen) atoms. The second kappa shape index (κ2) is 7.71. The molecule has 1 unspecified atom stereocenters. The predicted octanol–water partition coefficient (Wildman–Crippen LogP) is 4.92. The zero-order valence-electron chi connectivity index (χ0n) is 15.7. The van der Waals surface area contributed by atoms with Crippen molar-refractivity contribution in [3.8, 4) is 0 Å². The normalized spacial score (nSPS) is 18.3. The van der Waals surface area contributed by atoms with Gasteiger partial charge in [0.1, 0.15) is 0 Å². The molecular weight excluding hydrogens is 320 g/mol. The summed E-state index contributed by atoms with van der Waals surface area (Å²) in [6.45, 7) is 7.85. The van der Waals surface area contributed by atoms with E-state index in [1.807, 2.05) is 0 Å². The van der Waals surface area contributed by atoms with E-state index in [-0.39, 0.29) is 5.04 Å². The first kappa shape index (κ1) is 18.2. The Morgan fingerprint density at radius 2 is 1.48 bits per heavy atom. The summed E-state index contributed by atoms with van der Waals surface area (Å²) in [4.78, 5) is 0. The fourth-order valence-corrected chi connectivity index (χ4v) is 8.63. The molecule has 0 fully saturated rings. The van der Waals surface area contributed by atoms with Crippen LogP contribution in [0.25, 0.3) is 0 Å². The van der Waals surface area contributed by atoms with Gasteiger partial charge in [-0.2, -0.15) is 0 Å². The fourth-order valence-electron chi connectivity index (χ4n) is 4.02. The van der Waals surface area contributed by atoms with E-state index in [4.69, 9.17) is 4.43 Å². The molecule has 0 amide bonds. The smallest absolute Gasteiger partial charge is 0.261 e. The third kappa shape index (κ3) is 3.80. The molecule has 1 aliphatic carbocycles. The predicted molar refractivity (Wildman–Crippen MR) is 110 cm³/mol. The average Bonchev–Trinajstić information content (AvgIpc) is 2.64. The molecule has 0 saturated carbocycles. The molecule has 1 nitrogen and oxygen atoms in total. The molecule has 0 saturated heterocycles. The lowest BCUT2D eigenvalue weighted by atomic mass is 9.97. The number of rotatable bonds is 5. The van der Waals surface area contributed by atoms with Gasteiger partial charge in [0.25, 0.3) is 8.32 Å². The molecular formula is C23H30OSi. The number of hydrogen-bond acceptors (Lipinski definition) is 1. The highest BCUT2D eigenvalue weighted by Crippen LogP contribution is 2.37. The summed E-state index contributed by atoms with van der Waals surface area (Å²) in [5.41, 5.74) is 0. The van der Waals surface area contributed by atoms with Crippen molar-refractivity contribution in [3.05, 3.63) is 72.8 Å². The SMILES string of the molecule is CC(C)(C)[Si](OCC1C=CCCC1)(c1ccccc1)c1ccccc1. The lowest BCUT2D eigenvalue weighted by Crippen LogP contribution is -2.66. The zero-order chi connectivity index (χ0) is 17.8. The summed E-state index contributed by atoms with van der Waals surface area (Å²) in [5, 5.41) is 2.80. The maximum atomic E-state index is 6.99. The standard InChI is InChI=1S/C23H30OSi/c1-23(2,3)25(21-15-9-5-10-16-21,22-17-11-6-12-18-22)24-19-20-13-7-4-8-14-20/h5-7,9-13,15-18,20H,4,8,14,19H2,1-3H3.